The summed E-state index contributed by atoms with van der Waals surface area (Å²) in [5.41, 5.74) is -0.624. The van der Waals surface area contributed by atoms with Crippen molar-refractivity contribution in [1.29, 1.82) is 0 Å². The number of benzene rings is 1. The number of carbonyl (C=O) groups is 1. The van der Waals surface area contributed by atoms with E-state index in [0.717, 1.165) is 25.3 Å². The molecule has 0 saturated heterocycles. The summed E-state index contributed by atoms with van der Waals surface area (Å²) in [6.45, 7) is 2.00. The molecule has 20 heavy (non-hydrogen) atoms. The van der Waals surface area contributed by atoms with E-state index in [0.29, 0.717) is 6.42 Å². The Morgan fingerprint density at radius 2 is 1.90 bits per heavy atom. The lowest BCUT2D eigenvalue weighted by molar-refractivity contribution is -0.140. The molecule has 2 nitrogen and oxygen atoms in total. The van der Waals surface area contributed by atoms with Crippen LogP contribution in [0.5, 0.6) is 0 Å². The quantitative estimate of drug-likeness (QED) is 0.729. The van der Waals surface area contributed by atoms with Crippen molar-refractivity contribution < 1.29 is 23.1 Å². The van der Waals surface area contributed by atoms with Crippen molar-refractivity contribution in [2.45, 2.75) is 51.1 Å². The minimum Gasteiger partial charge on any atom is -0.481 e. The van der Waals surface area contributed by atoms with Crippen LogP contribution >= 0.6 is 0 Å². The molecule has 5 heteroatoms. The molecule has 0 aliphatic rings. The fourth-order valence-electron chi connectivity index (χ4n) is 2.33. The van der Waals surface area contributed by atoms with Gasteiger partial charge in [0.05, 0.1) is 12.0 Å². The summed E-state index contributed by atoms with van der Waals surface area (Å²) in [4.78, 5) is 10.9. The van der Waals surface area contributed by atoms with Crippen LogP contribution in [0, 0.1) is 0 Å². The third kappa shape index (κ3) is 4.87. The summed E-state index contributed by atoms with van der Waals surface area (Å²) in [7, 11) is 0. The van der Waals surface area contributed by atoms with Crippen LogP contribution in [0.25, 0.3) is 0 Å². The number of carboxylic acid groups (broad SMARTS) is 1. The number of aliphatic carboxylic acids is 1. The fraction of sp³-hybridized carbons (Fsp3) is 0.533. The topological polar surface area (TPSA) is 37.3 Å². The molecule has 112 valence electrons. The summed E-state index contributed by atoms with van der Waals surface area (Å²) >= 11 is 0. The molecule has 1 rings (SSSR count). The summed E-state index contributed by atoms with van der Waals surface area (Å²) in [5, 5.41) is 8.91. The second-order valence-electron chi connectivity index (χ2n) is 4.88. The Labute approximate surface area is 116 Å². The van der Waals surface area contributed by atoms with Crippen LogP contribution in [0.4, 0.5) is 13.2 Å². The molecule has 1 atom stereocenters. The molecule has 0 aromatic heterocycles. The Kier molecular flexibility index (Phi) is 6.05. The molecule has 0 spiro atoms. The van der Waals surface area contributed by atoms with E-state index in [2.05, 4.69) is 0 Å². The first-order valence-corrected chi connectivity index (χ1v) is 6.74. The maximum atomic E-state index is 13.0. The predicted octanol–water partition coefficient (Wildman–Crippen LogP) is 4.84. The molecular formula is C15H19F3O2. The van der Waals surface area contributed by atoms with Gasteiger partial charge in [0.15, 0.2) is 0 Å². The first-order chi connectivity index (χ1) is 9.36. The minimum absolute atomic E-state index is 0.0958. The van der Waals surface area contributed by atoms with Gasteiger partial charge in [0.25, 0.3) is 0 Å². The van der Waals surface area contributed by atoms with Crippen LogP contribution in [0.1, 0.15) is 56.1 Å². The van der Waals surface area contributed by atoms with Gasteiger partial charge in [0, 0.05) is 0 Å². The Morgan fingerprint density at radius 3 is 2.45 bits per heavy atom. The summed E-state index contributed by atoms with van der Waals surface area (Å²) in [5.74, 6) is -1.65. The van der Waals surface area contributed by atoms with Gasteiger partial charge in [-0.25, -0.2) is 0 Å². The minimum atomic E-state index is -4.45. The van der Waals surface area contributed by atoms with E-state index in [-0.39, 0.29) is 12.0 Å². The highest BCUT2D eigenvalue weighted by Crippen LogP contribution is 2.37. The van der Waals surface area contributed by atoms with E-state index in [1.54, 1.807) is 0 Å². The molecule has 1 N–H and O–H groups in total. The highest BCUT2D eigenvalue weighted by Gasteiger charge is 2.35. The number of hydrogen-bond donors (Lipinski definition) is 1. The number of unbranched alkanes of at least 4 members (excludes halogenated alkanes) is 2. The highest BCUT2D eigenvalue weighted by molar-refractivity contribution is 5.68. The molecule has 0 heterocycles. The lowest BCUT2D eigenvalue weighted by atomic mass is 9.87. The van der Waals surface area contributed by atoms with Crippen LogP contribution in [-0.4, -0.2) is 11.1 Å². The molecule has 1 unspecified atom stereocenters. The number of hydrogen-bond acceptors (Lipinski definition) is 1. The van der Waals surface area contributed by atoms with Gasteiger partial charge >= 0.3 is 12.1 Å². The maximum Gasteiger partial charge on any atom is 0.416 e. The molecular weight excluding hydrogens is 269 g/mol. The summed E-state index contributed by atoms with van der Waals surface area (Å²) < 4.78 is 39.0. The van der Waals surface area contributed by atoms with Gasteiger partial charge in [-0.1, -0.05) is 44.4 Å². The van der Waals surface area contributed by atoms with Crippen LogP contribution in [-0.2, 0) is 11.0 Å². The van der Waals surface area contributed by atoms with Crippen molar-refractivity contribution in [3.8, 4) is 0 Å². The molecule has 1 aromatic carbocycles. The van der Waals surface area contributed by atoms with Gasteiger partial charge in [-0.05, 0) is 24.0 Å². The molecule has 1 aromatic rings. The molecule has 0 saturated carbocycles. The third-order valence-electron chi connectivity index (χ3n) is 3.28. The molecule has 0 aliphatic heterocycles. The second-order valence-corrected chi connectivity index (χ2v) is 4.88. The Hall–Kier alpha value is -1.52. The normalized spacial score (nSPS) is 13.2. The zero-order valence-corrected chi connectivity index (χ0v) is 11.4. The van der Waals surface area contributed by atoms with Gasteiger partial charge in [-0.15, -0.1) is 0 Å². The second kappa shape index (κ2) is 7.31. The monoisotopic (exact) mass is 288 g/mol. The number of carboxylic acids is 1. The molecule has 0 amide bonds. The van der Waals surface area contributed by atoms with Crippen molar-refractivity contribution in [1.82, 2.24) is 0 Å². The summed E-state index contributed by atoms with van der Waals surface area (Å²) in [6.07, 6.45) is -1.67. The predicted molar refractivity (Wildman–Crippen MR) is 70.6 cm³/mol. The smallest absolute Gasteiger partial charge is 0.416 e. The van der Waals surface area contributed by atoms with Crippen molar-refractivity contribution in [2.24, 2.45) is 0 Å². The van der Waals surface area contributed by atoms with Gasteiger partial charge in [0.1, 0.15) is 0 Å². The van der Waals surface area contributed by atoms with Crippen molar-refractivity contribution in [3.05, 3.63) is 35.4 Å². The maximum absolute atomic E-state index is 13.0. The van der Waals surface area contributed by atoms with Crippen molar-refractivity contribution >= 4 is 5.97 Å². The lowest BCUT2D eigenvalue weighted by Gasteiger charge is -2.20. The van der Waals surface area contributed by atoms with E-state index in [1.165, 1.54) is 18.2 Å². The van der Waals surface area contributed by atoms with Gasteiger partial charge in [0.2, 0.25) is 0 Å². The number of alkyl halides is 3. The van der Waals surface area contributed by atoms with Crippen LogP contribution in [0.15, 0.2) is 24.3 Å². The molecule has 0 radical (unpaired) electrons. The first kappa shape index (κ1) is 16.5. The largest absolute Gasteiger partial charge is 0.481 e. The standard InChI is InChI=1S/C15H19F3O2/c1-2-3-4-7-11(10-14(19)20)12-8-5-6-9-13(12)15(16,17)18/h5-6,8-9,11H,2-4,7,10H2,1H3,(H,19,20). The number of rotatable bonds is 7. The van der Waals surface area contributed by atoms with Crippen molar-refractivity contribution in [3.63, 3.8) is 0 Å². The van der Waals surface area contributed by atoms with Gasteiger partial charge in [-0.2, -0.15) is 13.2 Å². The third-order valence-corrected chi connectivity index (χ3v) is 3.28. The SMILES string of the molecule is CCCCCC(CC(=O)O)c1ccccc1C(F)(F)F. The van der Waals surface area contributed by atoms with E-state index >= 15 is 0 Å². The van der Waals surface area contributed by atoms with Gasteiger partial charge < -0.3 is 5.11 Å². The van der Waals surface area contributed by atoms with Gasteiger partial charge in [-0.3, -0.25) is 4.79 Å². The fourth-order valence-corrected chi connectivity index (χ4v) is 2.33. The Morgan fingerprint density at radius 1 is 1.25 bits per heavy atom. The van der Waals surface area contributed by atoms with E-state index in [1.807, 2.05) is 6.92 Å². The summed E-state index contributed by atoms with van der Waals surface area (Å²) in [6, 6.07) is 5.27. The zero-order valence-electron chi connectivity index (χ0n) is 11.4. The van der Waals surface area contributed by atoms with E-state index in [9.17, 15) is 18.0 Å². The average molecular weight is 288 g/mol. The Bertz CT molecular complexity index is 441. The molecule has 0 fully saturated rings. The highest BCUT2D eigenvalue weighted by atomic mass is 19.4. The zero-order chi connectivity index (χ0) is 15.2. The van der Waals surface area contributed by atoms with Crippen LogP contribution < -0.4 is 0 Å². The van der Waals surface area contributed by atoms with E-state index in [4.69, 9.17) is 5.11 Å². The Balaban J connectivity index is 3.03. The number of halogens is 3. The first-order valence-electron chi connectivity index (χ1n) is 6.74. The van der Waals surface area contributed by atoms with Crippen molar-refractivity contribution in [2.75, 3.05) is 0 Å². The molecule has 0 aliphatic carbocycles. The van der Waals surface area contributed by atoms with Crippen LogP contribution in [0.3, 0.4) is 0 Å². The average Bonchev–Trinajstić information content (AvgIpc) is 2.36. The molecule has 0 bridgehead atoms. The lowest BCUT2D eigenvalue weighted by Crippen LogP contribution is -2.14. The van der Waals surface area contributed by atoms with Crippen LogP contribution in [0.2, 0.25) is 0 Å². The van der Waals surface area contributed by atoms with E-state index < -0.39 is 23.6 Å².